The molecule has 2 aromatic carbocycles. The summed E-state index contributed by atoms with van der Waals surface area (Å²) in [6.45, 7) is 0.154. The molecule has 0 radical (unpaired) electrons. The number of carbonyl (C=O) groups is 2. The predicted octanol–water partition coefficient (Wildman–Crippen LogP) is 4.48. The molecule has 1 fully saturated rings. The Labute approximate surface area is 189 Å². The van der Waals surface area contributed by atoms with Crippen molar-refractivity contribution >= 4 is 11.8 Å². The largest absolute Gasteiger partial charge is 0.497 e. The van der Waals surface area contributed by atoms with E-state index in [2.05, 4.69) is 5.32 Å². The molecular weight excluding hydrogens is 440 g/mol. The van der Waals surface area contributed by atoms with Crippen LogP contribution in [0.3, 0.4) is 0 Å². The maximum absolute atomic E-state index is 14.4. The Hall–Kier alpha value is -3.10. The van der Waals surface area contributed by atoms with Crippen molar-refractivity contribution in [2.24, 2.45) is 0 Å². The van der Waals surface area contributed by atoms with Crippen molar-refractivity contribution in [3.8, 4) is 5.75 Å². The van der Waals surface area contributed by atoms with E-state index in [1.54, 1.807) is 13.1 Å². The summed E-state index contributed by atoms with van der Waals surface area (Å²) >= 11 is 0. The van der Waals surface area contributed by atoms with Crippen LogP contribution in [0, 0.1) is 5.82 Å². The molecule has 9 heteroatoms. The minimum absolute atomic E-state index is 0.100. The molecule has 1 N–H and O–H groups in total. The number of halogens is 4. The highest BCUT2D eigenvalue weighted by atomic mass is 19.4. The van der Waals surface area contributed by atoms with Gasteiger partial charge in [-0.05, 0) is 60.7 Å². The number of hydrogen-bond acceptors (Lipinski definition) is 3. The Morgan fingerprint density at radius 3 is 2.45 bits per heavy atom. The number of nitrogens with zero attached hydrogens (tertiary/aromatic N) is 1. The zero-order chi connectivity index (χ0) is 24.2. The fourth-order valence-electron chi connectivity index (χ4n) is 4.06. The van der Waals surface area contributed by atoms with Gasteiger partial charge in [0.15, 0.2) is 0 Å². The van der Waals surface area contributed by atoms with E-state index in [1.807, 2.05) is 0 Å². The average molecular weight is 466 g/mol. The number of alkyl halides is 3. The molecule has 3 rings (SSSR count). The second kappa shape index (κ2) is 9.80. The fraction of sp³-hybridized carbons (Fsp3) is 0.417. The van der Waals surface area contributed by atoms with Crippen molar-refractivity contribution in [2.75, 3.05) is 14.2 Å². The minimum atomic E-state index is -4.41. The number of methoxy groups -OCH3 is 1. The lowest BCUT2D eigenvalue weighted by atomic mass is 9.84. The summed E-state index contributed by atoms with van der Waals surface area (Å²) in [6.07, 6.45) is -3.02. The first-order chi connectivity index (χ1) is 15.5. The van der Waals surface area contributed by atoms with Gasteiger partial charge in [0.05, 0.1) is 12.7 Å². The molecule has 0 bridgehead atoms. The maximum atomic E-state index is 14.4. The van der Waals surface area contributed by atoms with Gasteiger partial charge in [0.25, 0.3) is 0 Å². The van der Waals surface area contributed by atoms with Crippen molar-refractivity contribution < 1.29 is 31.9 Å². The van der Waals surface area contributed by atoms with Crippen LogP contribution in [0.5, 0.6) is 5.75 Å². The van der Waals surface area contributed by atoms with Crippen LogP contribution in [-0.2, 0) is 28.7 Å². The number of nitrogens with one attached hydrogen (secondary N) is 1. The molecule has 1 aliphatic rings. The highest BCUT2D eigenvalue weighted by Gasteiger charge is 2.39. The second-order valence-corrected chi connectivity index (χ2v) is 8.41. The van der Waals surface area contributed by atoms with Crippen molar-refractivity contribution in [3.63, 3.8) is 0 Å². The average Bonchev–Trinajstić information content (AvgIpc) is 3.14. The van der Waals surface area contributed by atoms with Crippen molar-refractivity contribution in [3.05, 3.63) is 65.0 Å². The van der Waals surface area contributed by atoms with Crippen LogP contribution in [0.4, 0.5) is 17.6 Å². The van der Waals surface area contributed by atoms with Gasteiger partial charge in [-0.2, -0.15) is 13.2 Å². The monoisotopic (exact) mass is 466 g/mol. The van der Waals surface area contributed by atoms with Gasteiger partial charge in [-0.1, -0.05) is 12.1 Å². The summed E-state index contributed by atoms with van der Waals surface area (Å²) in [4.78, 5) is 26.1. The van der Waals surface area contributed by atoms with E-state index in [9.17, 15) is 27.2 Å². The molecule has 178 valence electrons. The smallest absolute Gasteiger partial charge is 0.416 e. The van der Waals surface area contributed by atoms with Gasteiger partial charge in [0, 0.05) is 32.0 Å². The summed E-state index contributed by atoms with van der Waals surface area (Å²) in [5.74, 6) is -0.286. The van der Waals surface area contributed by atoms with Gasteiger partial charge in [-0.3, -0.25) is 9.59 Å². The molecule has 0 unspecified atom stereocenters. The molecule has 0 aliphatic carbocycles. The molecule has 0 saturated carbocycles. The van der Waals surface area contributed by atoms with Crippen molar-refractivity contribution in [1.82, 2.24) is 10.2 Å². The SMILES string of the molecule is COc1ccc(F)c(C[C@]2(CCC(=O)N(C)Cc3ccc(C(F)(F)F)cc3)CCC(=O)N2)c1. The zero-order valence-corrected chi connectivity index (χ0v) is 18.5. The summed E-state index contributed by atoms with van der Waals surface area (Å²) in [5.41, 5.74) is -0.540. The quantitative estimate of drug-likeness (QED) is 0.584. The summed E-state index contributed by atoms with van der Waals surface area (Å²) in [5, 5.41) is 2.92. The Kier molecular flexibility index (Phi) is 7.29. The third-order valence-corrected chi connectivity index (χ3v) is 5.96. The van der Waals surface area contributed by atoms with Crippen LogP contribution in [0.1, 0.15) is 42.4 Å². The first-order valence-electron chi connectivity index (χ1n) is 10.5. The van der Waals surface area contributed by atoms with Gasteiger partial charge >= 0.3 is 6.18 Å². The van der Waals surface area contributed by atoms with Crippen LogP contribution in [0.15, 0.2) is 42.5 Å². The van der Waals surface area contributed by atoms with Gasteiger partial charge in [-0.25, -0.2) is 4.39 Å². The van der Waals surface area contributed by atoms with E-state index in [1.165, 1.54) is 36.3 Å². The minimum Gasteiger partial charge on any atom is -0.497 e. The lowest BCUT2D eigenvalue weighted by Gasteiger charge is -2.30. The van der Waals surface area contributed by atoms with E-state index >= 15 is 0 Å². The molecule has 0 spiro atoms. The first kappa shape index (κ1) is 24.5. The standard InChI is InChI=1S/C24H26F4N2O3/c1-30(15-16-3-5-18(6-4-16)24(26,27)28)22(32)10-12-23(11-9-21(31)29-23)14-17-13-19(33-2)7-8-20(17)25/h3-8,13H,9-12,14-15H2,1-2H3,(H,29,31)/t23-/m1/s1. The highest BCUT2D eigenvalue weighted by Crippen LogP contribution is 2.32. The molecule has 1 aliphatic heterocycles. The summed E-state index contributed by atoms with van der Waals surface area (Å²) in [6, 6.07) is 9.06. The number of carbonyl (C=O) groups excluding carboxylic acids is 2. The lowest BCUT2D eigenvalue weighted by molar-refractivity contribution is -0.137. The normalized spacial score (nSPS) is 18.2. The number of rotatable bonds is 8. The van der Waals surface area contributed by atoms with Crippen molar-refractivity contribution in [2.45, 2.75) is 50.4 Å². The van der Waals surface area contributed by atoms with Crippen molar-refractivity contribution in [1.29, 1.82) is 0 Å². The first-order valence-corrected chi connectivity index (χ1v) is 10.5. The molecule has 33 heavy (non-hydrogen) atoms. The number of benzene rings is 2. The highest BCUT2D eigenvalue weighted by molar-refractivity contribution is 5.80. The Morgan fingerprint density at radius 2 is 1.88 bits per heavy atom. The molecule has 1 heterocycles. The van der Waals surface area contributed by atoms with Gasteiger partial charge in [-0.15, -0.1) is 0 Å². The second-order valence-electron chi connectivity index (χ2n) is 8.41. The Balaban J connectivity index is 1.65. The van der Waals surface area contributed by atoms with Crippen LogP contribution >= 0.6 is 0 Å². The predicted molar refractivity (Wildman–Crippen MR) is 114 cm³/mol. The van der Waals surface area contributed by atoms with Crippen LogP contribution in [0.25, 0.3) is 0 Å². The van der Waals surface area contributed by atoms with Gasteiger partial charge in [0.2, 0.25) is 11.8 Å². The molecular formula is C24H26F4N2O3. The molecule has 0 aromatic heterocycles. The molecule has 1 atom stereocenters. The lowest BCUT2D eigenvalue weighted by Crippen LogP contribution is -2.44. The maximum Gasteiger partial charge on any atom is 0.416 e. The third kappa shape index (κ3) is 6.24. The number of amides is 2. The molecule has 5 nitrogen and oxygen atoms in total. The summed E-state index contributed by atoms with van der Waals surface area (Å²) in [7, 11) is 3.05. The Bertz CT molecular complexity index is 1010. The van der Waals surface area contributed by atoms with Crippen LogP contribution < -0.4 is 10.1 Å². The number of hydrogen-bond donors (Lipinski definition) is 1. The number of ether oxygens (including phenoxy) is 1. The molecule has 1 saturated heterocycles. The van der Waals surface area contributed by atoms with E-state index in [0.717, 1.165) is 12.1 Å². The molecule has 2 aromatic rings. The van der Waals surface area contributed by atoms with E-state index in [0.29, 0.717) is 36.1 Å². The van der Waals surface area contributed by atoms with Crippen LogP contribution in [-0.4, -0.2) is 36.4 Å². The van der Waals surface area contributed by atoms with E-state index in [4.69, 9.17) is 4.74 Å². The van der Waals surface area contributed by atoms with Crippen LogP contribution in [0.2, 0.25) is 0 Å². The Morgan fingerprint density at radius 1 is 1.18 bits per heavy atom. The fourth-order valence-corrected chi connectivity index (χ4v) is 4.06. The van der Waals surface area contributed by atoms with E-state index < -0.39 is 23.1 Å². The zero-order valence-electron chi connectivity index (χ0n) is 18.5. The van der Waals surface area contributed by atoms with E-state index in [-0.39, 0.29) is 31.2 Å². The van der Waals surface area contributed by atoms with Gasteiger partial charge < -0.3 is 15.0 Å². The van der Waals surface area contributed by atoms with Gasteiger partial charge in [0.1, 0.15) is 11.6 Å². The topological polar surface area (TPSA) is 58.6 Å². The summed E-state index contributed by atoms with van der Waals surface area (Å²) < 4.78 is 57.7. The molecule has 2 amide bonds. The third-order valence-electron chi connectivity index (χ3n) is 5.96.